The second-order valence-corrected chi connectivity index (χ2v) is 5.58. The third-order valence-electron chi connectivity index (χ3n) is 3.74. The standard InChI is InChI=1S/C18H19N5O2/c1-13(14-7-4-3-5-8-14)19-17(24)12-23-21-18(20-22-23)15-9-6-10-16(11-15)25-2/h3-11,13H,12H2,1-2H3,(H,19,24)/t13-/m1/s1. The molecule has 0 unspecified atom stereocenters. The Morgan fingerprint density at radius 3 is 2.76 bits per heavy atom. The zero-order chi connectivity index (χ0) is 17.6. The summed E-state index contributed by atoms with van der Waals surface area (Å²) in [6.07, 6.45) is 0. The number of tetrazole rings is 1. The normalized spacial score (nSPS) is 11.8. The largest absolute Gasteiger partial charge is 0.497 e. The van der Waals surface area contributed by atoms with Gasteiger partial charge in [0.05, 0.1) is 13.2 Å². The Morgan fingerprint density at radius 1 is 1.20 bits per heavy atom. The highest BCUT2D eigenvalue weighted by atomic mass is 16.5. The van der Waals surface area contributed by atoms with E-state index >= 15 is 0 Å². The van der Waals surface area contributed by atoms with Crippen LogP contribution in [0.2, 0.25) is 0 Å². The molecule has 1 atom stereocenters. The highest BCUT2D eigenvalue weighted by Crippen LogP contribution is 2.19. The average molecular weight is 337 g/mol. The second-order valence-electron chi connectivity index (χ2n) is 5.58. The van der Waals surface area contributed by atoms with Crippen molar-refractivity contribution < 1.29 is 9.53 Å². The summed E-state index contributed by atoms with van der Waals surface area (Å²) in [4.78, 5) is 13.5. The molecule has 25 heavy (non-hydrogen) atoms. The van der Waals surface area contributed by atoms with Crippen molar-refractivity contribution in [2.45, 2.75) is 19.5 Å². The van der Waals surface area contributed by atoms with Crippen LogP contribution in [0.5, 0.6) is 5.75 Å². The SMILES string of the molecule is COc1cccc(-c2nnn(CC(=O)N[C@H](C)c3ccccc3)n2)c1. The fourth-order valence-corrected chi connectivity index (χ4v) is 2.43. The number of carbonyl (C=O) groups is 1. The first kappa shape index (κ1) is 16.6. The lowest BCUT2D eigenvalue weighted by molar-refractivity contribution is -0.122. The quantitative estimate of drug-likeness (QED) is 0.746. The maximum Gasteiger partial charge on any atom is 0.244 e. The van der Waals surface area contributed by atoms with Crippen LogP contribution in [0.25, 0.3) is 11.4 Å². The van der Waals surface area contributed by atoms with Gasteiger partial charge in [0.1, 0.15) is 12.3 Å². The molecule has 3 aromatic rings. The Labute approximate surface area is 145 Å². The smallest absolute Gasteiger partial charge is 0.244 e. The molecule has 0 spiro atoms. The molecule has 128 valence electrons. The molecule has 1 N–H and O–H groups in total. The number of amides is 1. The number of aromatic nitrogens is 4. The summed E-state index contributed by atoms with van der Waals surface area (Å²) in [7, 11) is 1.60. The predicted molar refractivity (Wildman–Crippen MR) is 92.8 cm³/mol. The fraction of sp³-hybridized carbons (Fsp3) is 0.222. The minimum absolute atomic E-state index is 0.00808. The minimum atomic E-state index is -0.175. The van der Waals surface area contributed by atoms with Crippen molar-refractivity contribution in [3.63, 3.8) is 0 Å². The maximum absolute atomic E-state index is 12.2. The number of hydrogen-bond donors (Lipinski definition) is 1. The maximum atomic E-state index is 12.2. The summed E-state index contributed by atoms with van der Waals surface area (Å²) in [5.74, 6) is 0.983. The van der Waals surface area contributed by atoms with Gasteiger partial charge in [0.15, 0.2) is 0 Å². The fourth-order valence-electron chi connectivity index (χ4n) is 2.43. The van der Waals surface area contributed by atoms with E-state index in [4.69, 9.17) is 4.74 Å². The van der Waals surface area contributed by atoms with E-state index in [9.17, 15) is 4.79 Å². The van der Waals surface area contributed by atoms with Crippen LogP contribution < -0.4 is 10.1 Å². The first-order valence-electron chi connectivity index (χ1n) is 7.92. The minimum Gasteiger partial charge on any atom is -0.497 e. The van der Waals surface area contributed by atoms with E-state index in [-0.39, 0.29) is 18.5 Å². The summed E-state index contributed by atoms with van der Waals surface area (Å²) in [5.41, 5.74) is 1.82. The van der Waals surface area contributed by atoms with Crippen molar-refractivity contribution in [2.75, 3.05) is 7.11 Å². The molecule has 0 saturated heterocycles. The molecule has 2 aromatic carbocycles. The van der Waals surface area contributed by atoms with Gasteiger partial charge < -0.3 is 10.1 Å². The summed E-state index contributed by atoms with van der Waals surface area (Å²) in [5, 5.41) is 15.1. The van der Waals surface area contributed by atoms with Crippen LogP contribution >= 0.6 is 0 Å². The Balaban J connectivity index is 1.63. The molecule has 1 aromatic heterocycles. The summed E-state index contributed by atoms with van der Waals surface area (Å²) < 4.78 is 5.19. The van der Waals surface area contributed by atoms with Gasteiger partial charge in [-0.05, 0) is 29.8 Å². The van der Waals surface area contributed by atoms with Crippen LogP contribution in [0.1, 0.15) is 18.5 Å². The molecule has 0 saturated carbocycles. The molecule has 3 rings (SSSR count). The number of ether oxygens (including phenoxy) is 1. The monoisotopic (exact) mass is 337 g/mol. The second kappa shape index (κ2) is 7.57. The zero-order valence-corrected chi connectivity index (χ0v) is 14.1. The zero-order valence-electron chi connectivity index (χ0n) is 14.1. The number of nitrogens with one attached hydrogen (secondary N) is 1. The Hall–Kier alpha value is -3.22. The first-order chi connectivity index (χ1) is 12.2. The molecule has 1 amide bonds. The molecule has 1 heterocycles. The lowest BCUT2D eigenvalue weighted by Crippen LogP contribution is -2.30. The molecular weight excluding hydrogens is 318 g/mol. The van der Waals surface area contributed by atoms with Crippen LogP contribution in [0.4, 0.5) is 0 Å². The molecule has 0 radical (unpaired) electrons. The van der Waals surface area contributed by atoms with E-state index in [1.165, 1.54) is 4.80 Å². The average Bonchev–Trinajstić information content (AvgIpc) is 3.10. The number of hydrogen-bond acceptors (Lipinski definition) is 5. The van der Waals surface area contributed by atoms with Gasteiger partial charge in [-0.3, -0.25) is 4.79 Å². The third kappa shape index (κ3) is 4.20. The topological polar surface area (TPSA) is 81.9 Å². The van der Waals surface area contributed by atoms with Crippen LogP contribution in [-0.2, 0) is 11.3 Å². The predicted octanol–water partition coefficient (Wildman–Crippen LogP) is 2.23. The van der Waals surface area contributed by atoms with Gasteiger partial charge in [0.2, 0.25) is 11.7 Å². The van der Waals surface area contributed by atoms with E-state index < -0.39 is 0 Å². The lowest BCUT2D eigenvalue weighted by Gasteiger charge is -2.13. The number of methoxy groups -OCH3 is 1. The molecular formula is C18H19N5O2. The van der Waals surface area contributed by atoms with Gasteiger partial charge in [0.25, 0.3) is 0 Å². The highest BCUT2D eigenvalue weighted by Gasteiger charge is 2.12. The van der Waals surface area contributed by atoms with Crippen molar-refractivity contribution in [3.05, 3.63) is 60.2 Å². The molecule has 0 aliphatic heterocycles. The van der Waals surface area contributed by atoms with Crippen LogP contribution in [0.3, 0.4) is 0 Å². The summed E-state index contributed by atoms with van der Waals surface area (Å²) >= 11 is 0. The van der Waals surface area contributed by atoms with Gasteiger partial charge >= 0.3 is 0 Å². The van der Waals surface area contributed by atoms with Gasteiger partial charge in [-0.15, -0.1) is 10.2 Å². The van der Waals surface area contributed by atoms with E-state index in [0.717, 1.165) is 11.1 Å². The molecule has 0 bridgehead atoms. The van der Waals surface area contributed by atoms with Gasteiger partial charge in [-0.25, -0.2) is 0 Å². The Kier molecular flexibility index (Phi) is 5.03. The number of carbonyl (C=O) groups excluding carboxylic acids is 1. The van der Waals surface area contributed by atoms with Crippen LogP contribution in [0, 0.1) is 0 Å². The van der Waals surface area contributed by atoms with Gasteiger partial charge in [-0.2, -0.15) is 4.80 Å². The van der Waals surface area contributed by atoms with Crippen LogP contribution in [0.15, 0.2) is 54.6 Å². The van der Waals surface area contributed by atoms with Crippen molar-refractivity contribution in [1.29, 1.82) is 0 Å². The van der Waals surface area contributed by atoms with E-state index in [1.807, 2.05) is 61.5 Å². The Morgan fingerprint density at radius 2 is 2.00 bits per heavy atom. The number of rotatable bonds is 6. The van der Waals surface area contributed by atoms with E-state index in [1.54, 1.807) is 7.11 Å². The van der Waals surface area contributed by atoms with E-state index in [0.29, 0.717) is 11.6 Å². The lowest BCUT2D eigenvalue weighted by atomic mass is 10.1. The molecule has 0 fully saturated rings. The van der Waals surface area contributed by atoms with Gasteiger partial charge in [0, 0.05) is 5.56 Å². The third-order valence-corrected chi connectivity index (χ3v) is 3.74. The summed E-state index contributed by atoms with van der Waals surface area (Å²) in [6, 6.07) is 17.1. The van der Waals surface area contributed by atoms with Crippen molar-refractivity contribution in [2.24, 2.45) is 0 Å². The molecule has 7 heteroatoms. The number of benzene rings is 2. The van der Waals surface area contributed by atoms with E-state index in [2.05, 4.69) is 20.7 Å². The summed E-state index contributed by atoms with van der Waals surface area (Å²) in [6.45, 7) is 1.94. The molecule has 0 aliphatic carbocycles. The van der Waals surface area contributed by atoms with Crippen molar-refractivity contribution in [3.8, 4) is 17.1 Å². The van der Waals surface area contributed by atoms with Crippen molar-refractivity contribution >= 4 is 5.91 Å². The molecule has 0 aliphatic rings. The highest BCUT2D eigenvalue weighted by molar-refractivity contribution is 5.76. The Bertz CT molecular complexity index is 847. The van der Waals surface area contributed by atoms with Gasteiger partial charge in [-0.1, -0.05) is 42.5 Å². The van der Waals surface area contributed by atoms with Crippen molar-refractivity contribution in [1.82, 2.24) is 25.5 Å². The first-order valence-corrected chi connectivity index (χ1v) is 7.92. The van der Waals surface area contributed by atoms with Crippen LogP contribution in [-0.4, -0.2) is 33.2 Å². The molecule has 7 nitrogen and oxygen atoms in total. The number of nitrogens with zero attached hydrogens (tertiary/aromatic N) is 4.